The molecule has 0 fully saturated rings. The number of aliphatic imine (C=N–C) groups is 1. The summed E-state index contributed by atoms with van der Waals surface area (Å²) in [6.07, 6.45) is 7.25. The first-order valence-corrected chi connectivity index (χ1v) is 10.5. The van der Waals surface area contributed by atoms with Crippen LogP contribution in [0, 0.1) is 5.82 Å². The Bertz CT molecular complexity index is 948. The monoisotopic (exact) mass is 431 g/mol. The molecule has 30 heavy (non-hydrogen) atoms. The molecule has 1 aromatic heterocycles. The van der Waals surface area contributed by atoms with Crippen molar-refractivity contribution in [1.29, 1.82) is 0 Å². The van der Waals surface area contributed by atoms with Crippen LogP contribution >= 0.6 is 11.6 Å². The highest BCUT2D eigenvalue weighted by molar-refractivity contribution is 6.31. The summed E-state index contributed by atoms with van der Waals surface area (Å²) in [4.78, 5) is 8.83. The highest BCUT2D eigenvalue weighted by Crippen LogP contribution is 2.32. The van der Waals surface area contributed by atoms with E-state index in [2.05, 4.69) is 23.0 Å². The molecule has 3 unspecified atom stereocenters. The Balaban J connectivity index is 1.72. The molecule has 2 N–H and O–H groups in total. The number of hydrogen-bond donors (Lipinski definition) is 1. The van der Waals surface area contributed by atoms with Gasteiger partial charge in [0.15, 0.2) is 11.6 Å². The van der Waals surface area contributed by atoms with Crippen molar-refractivity contribution in [1.82, 2.24) is 4.98 Å². The summed E-state index contributed by atoms with van der Waals surface area (Å²) in [6.45, 7) is 6.58. The summed E-state index contributed by atoms with van der Waals surface area (Å²) in [5.41, 5.74) is 8.39. The van der Waals surface area contributed by atoms with Crippen molar-refractivity contribution in [2.45, 2.75) is 51.9 Å². The van der Waals surface area contributed by atoms with Crippen molar-refractivity contribution < 1.29 is 13.9 Å². The van der Waals surface area contributed by atoms with Crippen LogP contribution in [0.1, 0.15) is 50.8 Å². The summed E-state index contributed by atoms with van der Waals surface area (Å²) in [5.74, 6) is 0.306. The van der Waals surface area contributed by atoms with Gasteiger partial charge in [0.2, 0.25) is 0 Å². The Morgan fingerprint density at radius 3 is 2.83 bits per heavy atom. The van der Waals surface area contributed by atoms with E-state index in [0.29, 0.717) is 16.3 Å². The minimum absolute atomic E-state index is 0.120. The first kappa shape index (κ1) is 22.2. The molecule has 0 aliphatic carbocycles. The number of rotatable bonds is 9. The molecule has 2 aromatic rings. The van der Waals surface area contributed by atoms with E-state index in [1.54, 1.807) is 13.1 Å². The standard InChI is InChI=1S/C23H27ClFN3O2/c1-4-29-14(2)5-7-19-9-16(12-27-19)17-10-22(23(26)28-13-17)30-15(3)20-11-18(25)6-8-21(20)24/h6,8-15,19H,4-5,7H2,1-3H3,(H2,26,28). The highest BCUT2D eigenvalue weighted by atomic mass is 35.5. The van der Waals surface area contributed by atoms with Gasteiger partial charge in [0.1, 0.15) is 11.9 Å². The number of anilines is 1. The number of halogens is 2. The molecule has 0 radical (unpaired) electrons. The summed E-state index contributed by atoms with van der Waals surface area (Å²) in [7, 11) is 0. The number of benzene rings is 1. The van der Waals surface area contributed by atoms with Gasteiger partial charge in [0, 0.05) is 35.2 Å². The Kier molecular flexibility index (Phi) is 7.45. The second-order valence-corrected chi connectivity index (χ2v) is 7.75. The minimum atomic E-state index is -0.494. The second-order valence-electron chi connectivity index (χ2n) is 7.34. The molecule has 0 spiro atoms. The molecule has 2 heterocycles. The number of nitrogen functional groups attached to an aromatic ring is 1. The van der Waals surface area contributed by atoms with Crippen LogP contribution in [-0.2, 0) is 4.74 Å². The van der Waals surface area contributed by atoms with E-state index >= 15 is 0 Å². The van der Waals surface area contributed by atoms with Gasteiger partial charge in [0.25, 0.3) is 0 Å². The Labute approximate surface area is 181 Å². The number of hydrogen-bond acceptors (Lipinski definition) is 5. The van der Waals surface area contributed by atoms with Crippen molar-refractivity contribution in [2.24, 2.45) is 4.99 Å². The topological polar surface area (TPSA) is 69.7 Å². The largest absolute Gasteiger partial charge is 0.482 e. The molecular weight excluding hydrogens is 405 g/mol. The normalized spacial score (nSPS) is 17.6. The van der Waals surface area contributed by atoms with Crippen LogP contribution in [0.15, 0.2) is 41.5 Å². The molecule has 5 nitrogen and oxygen atoms in total. The van der Waals surface area contributed by atoms with Crippen LogP contribution in [0.4, 0.5) is 10.2 Å². The molecular formula is C23H27ClFN3O2. The number of ether oxygens (including phenoxy) is 2. The third-order valence-corrected chi connectivity index (χ3v) is 5.36. The van der Waals surface area contributed by atoms with E-state index in [1.165, 1.54) is 18.2 Å². The first-order chi connectivity index (χ1) is 14.4. The summed E-state index contributed by atoms with van der Waals surface area (Å²) in [5, 5.41) is 0.432. The Hall–Kier alpha value is -2.44. The van der Waals surface area contributed by atoms with Crippen LogP contribution in [0.25, 0.3) is 5.57 Å². The van der Waals surface area contributed by atoms with Crippen LogP contribution in [0.3, 0.4) is 0 Å². The van der Waals surface area contributed by atoms with Gasteiger partial charge in [-0.3, -0.25) is 4.99 Å². The van der Waals surface area contributed by atoms with Crippen molar-refractivity contribution in [3.8, 4) is 5.75 Å². The molecule has 1 aliphatic heterocycles. The number of nitrogens with two attached hydrogens (primary N) is 1. The predicted octanol–water partition coefficient (Wildman–Crippen LogP) is 5.64. The lowest BCUT2D eigenvalue weighted by atomic mass is 10.0. The van der Waals surface area contributed by atoms with E-state index in [1.807, 2.05) is 19.2 Å². The van der Waals surface area contributed by atoms with Gasteiger partial charge in [-0.15, -0.1) is 0 Å². The van der Waals surface area contributed by atoms with Gasteiger partial charge >= 0.3 is 0 Å². The zero-order valence-corrected chi connectivity index (χ0v) is 18.2. The molecule has 3 atom stereocenters. The molecule has 160 valence electrons. The van der Waals surface area contributed by atoms with Crippen molar-refractivity contribution >= 4 is 29.2 Å². The maximum atomic E-state index is 13.6. The number of nitrogens with zero attached hydrogens (tertiary/aromatic N) is 2. The smallest absolute Gasteiger partial charge is 0.166 e. The minimum Gasteiger partial charge on any atom is -0.482 e. The molecule has 7 heteroatoms. The van der Waals surface area contributed by atoms with Gasteiger partial charge < -0.3 is 15.2 Å². The zero-order chi connectivity index (χ0) is 21.7. The second kappa shape index (κ2) is 10.0. The molecule has 0 amide bonds. The lowest BCUT2D eigenvalue weighted by Gasteiger charge is -2.18. The molecule has 1 aromatic carbocycles. The zero-order valence-electron chi connectivity index (χ0n) is 17.4. The molecule has 0 saturated heterocycles. The van der Waals surface area contributed by atoms with Crippen molar-refractivity contribution in [3.63, 3.8) is 0 Å². The quantitative estimate of drug-likeness (QED) is 0.557. The summed E-state index contributed by atoms with van der Waals surface area (Å²) in [6, 6.07) is 6.13. The average molecular weight is 432 g/mol. The SMILES string of the molecule is CCOC(C)CCC1C=C(c2cnc(N)c(OC(C)c3cc(F)ccc3Cl)c2)C=N1. The van der Waals surface area contributed by atoms with Gasteiger partial charge in [-0.1, -0.05) is 17.7 Å². The third-order valence-electron chi connectivity index (χ3n) is 5.01. The maximum absolute atomic E-state index is 13.6. The van der Waals surface area contributed by atoms with Crippen LogP contribution in [-0.4, -0.2) is 30.0 Å². The molecule has 1 aliphatic rings. The lowest BCUT2D eigenvalue weighted by molar-refractivity contribution is 0.0684. The van der Waals surface area contributed by atoms with Crippen molar-refractivity contribution in [3.05, 3.63) is 58.5 Å². The number of aromatic nitrogens is 1. The Morgan fingerprint density at radius 1 is 1.27 bits per heavy atom. The van der Waals surface area contributed by atoms with E-state index in [9.17, 15) is 4.39 Å². The third kappa shape index (κ3) is 5.58. The fourth-order valence-electron chi connectivity index (χ4n) is 3.36. The average Bonchev–Trinajstić information content (AvgIpc) is 3.19. The number of allylic oxidation sites excluding steroid dienone is 1. The lowest BCUT2D eigenvalue weighted by Crippen LogP contribution is -2.10. The van der Waals surface area contributed by atoms with Crippen molar-refractivity contribution in [2.75, 3.05) is 12.3 Å². The van der Waals surface area contributed by atoms with E-state index in [0.717, 1.165) is 30.6 Å². The van der Waals surface area contributed by atoms with Crippen LogP contribution in [0.5, 0.6) is 5.75 Å². The van der Waals surface area contributed by atoms with E-state index in [4.69, 9.17) is 26.8 Å². The fourth-order valence-corrected chi connectivity index (χ4v) is 3.63. The summed E-state index contributed by atoms with van der Waals surface area (Å²) >= 11 is 6.19. The fraction of sp³-hybridized carbons (Fsp3) is 0.391. The van der Waals surface area contributed by atoms with Crippen LogP contribution in [0.2, 0.25) is 5.02 Å². The highest BCUT2D eigenvalue weighted by Gasteiger charge is 2.18. The van der Waals surface area contributed by atoms with E-state index in [-0.39, 0.29) is 23.8 Å². The van der Waals surface area contributed by atoms with Gasteiger partial charge in [-0.25, -0.2) is 9.37 Å². The number of pyridine rings is 1. The van der Waals surface area contributed by atoms with Gasteiger partial charge in [-0.05, 0) is 63.5 Å². The first-order valence-electron chi connectivity index (χ1n) is 10.1. The molecule has 0 saturated carbocycles. The maximum Gasteiger partial charge on any atom is 0.166 e. The molecule has 3 rings (SSSR count). The predicted molar refractivity (Wildman–Crippen MR) is 120 cm³/mol. The summed E-state index contributed by atoms with van der Waals surface area (Å²) < 4.78 is 25.2. The molecule has 0 bridgehead atoms. The van der Waals surface area contributed by atoms with E-state index < -0.39 is 6.10 Å². The van der Waals surface area contributed by atoms with Crippen LogP contribution < -0.4 is 10.5 Å². The Morgan fingerprint density at radius 2 is 2.07 bits per heavy atom. The van der Waals surface area contributed by atoms with Gasteiger partial charge in [-0.2, -0.15) is 0 Å². The van der Waals surface area contributed by atoms with Gasteiger partial charge in [0.05, 0.1) is 12.1 Å².